The van der Waals surface area contributed by atoms with Gasteiger partial charge in [0.15, 0.2) is 0 Å². The number of carbonyl (C=O) groups is 1. The summed E-state index contributed by atoms with van der Waals surface area (Å²) in [6.45, 7) is 0. The van der Waals surface area contributed by atoms with Gasteiger partial charge in [0.05, 0.1) is 7.11 Å². The average molecular weight is 296 g/mol. The summed E-state index contributed by atoms with van der Waals surface area (Å²) < 4.78 is 17.8. The average Bonchev–Trinajstić information content (AvgIpc) is 2.22. The number of halogens is 3. The van der Waals surface area contributed by atoms with Crippen LogP contribution in [0, 0.1) is 5.82 Å². The third kappa shape index (κ3) is 3.18. The van der Waals surface area contributed by atoms with E-state index in [1.54, 1.807) is 6.07 Å². The summed E-state index contributed by atoms with van der Waals surface area (Å²) in [6, 6.07) is 4.40. The minimum Gasteiger partial charge on any atom is -0.468 e. The van der Waals surface area contributed by atoms with E-state index in [-0.39, 0.29) is 6.42 Å². The highest BCUT2D eigenvalue weighted by Crippen LogP contribution is 2.22. The van der Waals surface area contributed by atoms with E-state index in [1.165, 1.54) is 19.2 Å². The molecule has 1 aromatic rings. The van der Waals surface area contributed by atoms with Gasteiger partial charge in [-0.1, -0.05) is 33.6 Å². The zero-order valence-electron chi connectivity index (χ0n) is 7.97. The quantitative estimate of drug-likeness (QED) is 0.633. The van der Waals surface area contributed by atoms with Crippen LogP contribution in [0.4, 0.5) is 4.39 Å². The second-order valence-corrected chi connectivity index (χ2v) is 4.41. The lowest BCUT2D eigenvalue weighted by Crippen LogP contribution is -2.18. The van der Waals surface area contributed by atoms with Gasteiger partial charge in [0.25, 0.3) is 0 Å². The Morgan fingerprint density at radius 3 is 2.87 bits per heavy atom. The number of hydrogen-bond acceptors (Lipinski definition) is 2. The third-order valence-electron chi connectivity index (χ3n) is 1.90. The first kappa shape index (κ1) is 12.5. The molecule has 0 aliphatic rings. The van der Waals surface area contributed by atoms with Crippen LogP contribution in [-0.2, 0) is 16.0 Å². The molecule has 15 heavy (non-hydrogen) atoms. The van der Waals surface area contributed by atoms with Gasteiger partial charge in [0.1, 0.15) is 10.6 Å². The van der Waals surface area contributed by atoms with Crippen molar-refractivity contribution in [1.82, 2.24) is 0 Å². The molecule has 0 aromatic heterocycles. The molecule has 0 aliphatic heterocycles. The maximum absolute atomic E-state index is 13.3. The highest BCUT2D eigenvalue weighted by Gasteiger charge is 2.19. The molecule has 0 amide bonds. The van der Waals surface area contributed by atoms with E-state index in [0.29, 0.717) is 10.6 Å². The van der Waals surface area contributed by atoms with Crippen LogP contribution in [0.25, 0.3) is 0 Å². The molecule has 1 atom stereocenters. The lowest BCUT2D eigenvalue weighted by atomic mass is 10.1. The van der Waals surface area contributed by atoms with Gasteiger partial charge >= 0.3 is 5.97 Å². The van der Waals surface area contributed by atoms with Crippen LogP contribution in [0.5, 0.6) is 0 Å². The fourth-order valence-electron chi connectivity index (χ4n) is 1.12. The van der Waals surface area contributed by atoms with Gasteiger partial charge in [-0.3, -0.25) is 4.79 Å². The first-order valence-electron chi connectivity index (χ1n) is 4.21. The monoisotopic (exact) mass is 294 g/mol. The molecule has 0 aliphatic carbocycles. The fourth-order valence-corrected chi connectivity index (χ4v) is 1.87. The fraction of sp³-hybridized carbons (Fsp3) is 0.300. The Bertz CT molecular complexity index is 350. The molecule has 0 fully saturated rings. The van der Waals surface area contributed by atoms with Crippen LogP contribution in [-0.4, -0.2) is 17.9 Å². The lowest BCUT2D eigenvalue weighted by molar-refractivity contribution is -0.139. The van der Waals surface area contributed by atoms with E-state index in [0.717, 1.165) is 0 Å². The Hall–Kier alpha value is -0.610. The zero-order chi connectivity index (χ0) is 11.4. The highest BCUT2D eigenvalue weighted by atomic mass is 79.9. The van der Waals surface area contributed by atoms with E-state index in [2.05, 4.69) is 20.7 Å². The van der Waals surface area contributed by atoms with Crippen molar-refractivity contribution in [2.24, 2.45) is 0 Å². The number of alkyl halides is 1. The third-order valence-corrected chi connectivity index (χ3v) is 2.95. The number of esters is 1. The number of ether oxygens (including phenoxy) is 1. The van der Waals surface area contributed by atoms with Crippen molar-refractivity contribution >= 4 is 33.5 Å². The van der Waals surface area contributed by atoms with Crippen LogP contribution >= 0.6 is 27.5 Å². The number of benzene rings is 1. The van der Waals surface area contributed by atoms with Crippen molar-refractivity contribution < 1.29 is 13.9 Å². The van der Waals surface area contributed by atoms with Gasteiger partial charge in [0, 0.05) is 10.6 Å². The Balaban J connectivity index is 2.85. The van der Waals surface area contributed by atoms with E-state index in [1.807, 2.05) is 0 Å². The summed E-state index contributed by atoms with van der Waals surface area (Å²) >= 11 is 8.92. The zero-order valence-corrected chi connectivity index (χ0v) is 10.3. The van der Waals surface area contributed by atoms with Crippen LogP contribution < -0.4 is 0 Å². The molecule has 1 aromatic carbocycles. The van der Waals surface area contributed by atoms with Crippen LogP contribution in [0.15, 0.2) is 18.2 Å². The second-order valence-electron chi connectivity index (χ2n) is 2.90. The molecule has 0 heterocycles. The molecule has 0 spiro atoms. The standard InChI is InChI=1S/C10H9BrClFO2/c1-15-10(14)7(11)5-6-8(12)3-2-4-9(6)13/h2-4,7H,5H2,1H3. The predicted octanol–water partition coefficient (Wildman–Crippen LogP) is 2.96. The topological polar surface area (TPSA) is 26.3 Å². The van der Waals surface area contributed by atoms with Crippen LogP contribution in [0.3, 0.4) is 0 Å². The van der Waals surface area contributed by atoms with Gasteiger partial charge in [-0.15, -0.1) is 0 Å². The molecule has 5 heteroatoms. The van der Waals surface area contributed by atoms with Gasteiger partial charge < -0.3 is 4.74 Å². The second kappa shape index (κ2) is 5.47. The maximum atomic E-state index is 13.3. The van der Waals surface area contributed by atoms with Crippen LogP contribution in [0.2, 0.25) is 5.02 Å². The van der Waals surface area contributed by atoms with Gasteiger partial charge in [0.2, 0.25) is 0 Å². The SMILES string of the molecule is COC(=O)C(Br)Cc1c(F)cccc1Cl. The summed E-state index contributed by atoms with van der Waals surface area (Å²) in [5.74, 6) is -0.870. The Morgan fingerprint density at radius 2 is 2.33 bits per heavy atom. The lowest BCUT2D eigenvalue weighted by Gasteiger charge is -2.09. The molecule has 82 valence electrons. The van der Waals surface area contributed by atoms with Crippen LogP contribution in [0.1, 0.15) is 5.56 Å². The number of carbonyl (C=O) groups excluding carboxylic acids is 1. The molecule has 0 saturated carbocycles. The largest absolute Gasteiger partial charge is 0.468 e. The summed E-state index contributed by atoms with van der Waals surface area (Å²) in [4.78, 5) is 10.5. The molecule has 1 unspecified atom stereocenters. The minimum absolute atomic E-state index is 0.165. The first-order valence-corrected chi connectivity index (χ1v) is 5.50. The van der Waals surface area contributed by atoms with E-state index in [9.17, 15) is 9.18 Å². The minimum atomic E-state index is -0.586. The molecular formula is C10H9BrClFO2. The van der Waals surface area contributed by atoms with E-state index >= 15 is 0 Å². The summed E-state index contributed by atoms with van der Waals surface area (Å²) in [7, 11) is 1.28. The number of methoxy groups -OCH3 is 1. The Labute approximate surface area is 101 Å². The van der Waals surface area contributed by atoms with Crippen molar-refractivity contribution in [3.63, 3.8) is 0 Å². The number of hydrogen-bond donors (Lipinski definition) is 0. The van der Waals surface area contributed by atoms with Crippen molar-refractivity contribution in [2.45, 2.75) is 11.2 Å². The van der Waals surface area contributed by atoms with Crippen molar-refractivity contribution in [3.05, 3.63) is 34.6 Å². The molecule has 0 saturated heterocycles. The molecule has 1 rings (SSSR count). The van der Waals surface area contributed by atoms with Gasteiger partial charge in [-0.25, -0.2) is 4.39 Å². The molecular weight excluding hydrogens is 286 g/mol. The normalized spacial score (nSPS) is 12.3. The van der Waals surface area contributed by atoms with Gasteiger partial charge in [-0.2, -0.15) is 0 Å². The summed E-state index contributed by atoms with van der Waals surface area (Å²) in [6.07, 6.45) is 0.165. The predicted molar refractivity (Wildman–Crippen MR) is 59.8 cm³/mol. The molecule has 0 radical (unpaired) electrons. The maximum Gasteiger partial charge on any atom is 0.319 e. The van der Waals surface area contributed by atoms with Crippen molar-refractivity contribution in [2.75, 3.05) is 7.11 Å². The van der Waals surface area contributed by atoms with Crippen molar-refractivity contribution in [1.29, 1.82) is 0 Å². The Kier molecular flexibility index (Phi) is 4.54. The number of rotatable bonds is 3. The van der Waals surface area contributed by atoms with E-state index in [4.69, 9.17) is 11.6 Å². The summed E-state index contributed by atoms with van der Waals surface area (Å²) in [5.41, 5.74) is 0.312. The smallest absolute Gasteiger partial charge is 0.319 e. The molecule has 0 N–H and O–H groups in total. The summed E-state index contributed by atoms with van der Waals surface area (Å²) in [5, 5.41) is 0.309. The first-order chi connectivity index (χ1) is 7.06. The highest BCUT2D eigenvalue weighted by molar-refractivity contribution is 9.10. The molecule has 2 nitrogen and oxygen atoms in total. The molecule has 0 bridgehead atoms. The Morgan fingerprint density at radius 1 is 1.67 bits per heavy atom. The van der Waals surface area contributed by atoms with Gasteiger partial charge in [-0.05, 0) is 18.6 Å². The van der Waals surface area contributed by atoms with E-state index < -0.39 is 16.6 Å². The van der Waals surface area contributed by atoms with Crippen molar-refractivity contribution in [3.8, 4) is 0 Å².